The van der Waals surface area contributed by atoms with Crippen molar-refractivity contribution in [2.24, 2.45) is 11.8 Å². The zero-order valence-electron chi connectivity index (χ0n) is 19.6. The number of rotatable bonds is 10. The van der Waals surface area contributed by atoms with E-state index in [0.29, 0.717) is 5.56 Å². The van der Waals surface area contributed by atoms with Crippen molar-refractivity contribution in [1.82, 2.24) is 0 Å². The predicted molar refractivity (Wildman–Crippen MR) is 122 cm³/mol. The lowest BCUT2D eigenvalue weighted by Gasteiger charge is -2.42. The van der Waals surface area contributed by atoms with Crippen molar-refractivity contribution >= 4 is 18.0 Å². The smallest absolute Gasteiger partial charge is 0.341 e. The van der Waals surface area contributed by atoms with E-state index >= 15 is 0 Å². The van der Waals surface area contributed by atoms with Crippen LogP contribution in [0.2, 0.25) is 0 Å². The molecule has 0 radical (unpaired) electrons. The Labute approximate surface area is 211 Å². The number of aromatic carboxylic acids is 1. The van der Waals surface area contributed by atoms with Crippen LogP contribution in [0.15, 0.2) is 49.0 Å². The molecule has 1 fully saturated rings. The van der Waals surface area contributed by atoms with Gasteiger partial charge in [-0.25, -0.2) is 14.2 Å². The van der Waals surface area contributed by atoms with Crippen LogP contribution in [0.3, 0.4) is 0 Å². The summed E-state index contributed by atoms with van der Waals surface area (Å²) in [4.78, 5) is 23.4. The van der Waals surface area contributed by atoms with Crippen molar-refractivity contribution in [2.45, 2.75) is 43.5 Å². The van der Waals surface area contributed by atoms with Gasteiger partial charge in [-0.2, -0.15) is 0 Å². The first-order valence-electron chi connectivity index (χ1n) is 11.3. The van der Waals surface area contributed by atoms with E-state index in [2.05, 4.69) is 6.58 Å². The molecule has 13 nitrogen and oxygen atoms in total. The Morgan fingerprint density at radius 1 is 1.05 bits per heavy atom. The number of aliphatic carboxylic acids is 1. The molecule has 0 aliphatic carbocycles. The lowest BCUT2D eigenvalue weighted by atomic mass is 9.83. The van der Waals surface area contributed by atoms with Gasteiger partial charge in [-0.3, -0.25) is 0 Å². The van der Waals surface area contributed by atoms with E-state index in [0.717, 1.165) is 6.26 Å². The molecule has 0 bridgehead atoms. The zero-order valence-corrected chi connectivity index (χ0v) is 19.6. The number of pyridine rings is 1. The van der Waals surface area contributed by atoms with Crippen LogP contribution < -0.4 is 4.57 Å². The van der Waals surface area contributed by atoms with Crippen LogP contribution in [0, 0.1) is 11.8 Å². The number of hydrogen-bond donors (Lipinski definition) is 7. The summed E-state index contributed by atoms with van der Waals surface area (Å²) in [5.74, 6) is -4.22. The number of aromatic nitrogens is 1. The second kappa shape index (κ2) is 12.4. The van der Waals surface area contributed by atoms with Crippen LogP contribution in [-0.2, 0) is 25.5 Å². The van der Waals surface area contributed by atoms with Gasteiger partial charge in [0.05, 0.1) is 24.4 Å². The monoisotopic (exact) mass is 524 g/mol. The molecule has 1 aromatic heterocycles. The van der Waals surface area contributed by atoms with Crippen molar-refractivity contribution in [3.63, 3.8) is 0 Å². The number of hydrogen-bond acceptors (Lipinski definition) is 10. The van der Waals surface area contributed by atoms with Crippen LogP contribution in [-0.4, -0.2) is 97.9 Å². The first-order valence-corrected chi connectivity index (χ1v) is 11.3. The first-order chi connectivity index (χ1) is 17.6. The third-order valence-electron chi connectivity index (χ3n) is 6.10. The summed E-state index contributed by atoms with van der Waals surface area (Å²) in [6.07, 6.45) is -0.701. The predicted octanol–water partition coefficient (Wildman–Crippen LogP) is -1.76. The maximum Gasteiger partial charge on any atom is 0.341 e. The number of carboxylic acid groups (broad SMARTS) is 2. The lowest BCUT2D eigenvalue weighted by molar-refractivity contribution is -0.698. The highest BCUT2D eigenvalue weighted by molar-refractivity contribution is 5.88. The van der Waals surface area contributed by atoms with Gasteiger partial charge in [-0.15, -0.1) is 6.58 Å². The Morgan fingerprint density at radius 3 is 2.38 bits per heavy atom. The molecule has 1 saturated heterocycles. The van der Waals surface area contributed by atoms with E-state index in [1.54, 1.807) is 6.20 Å². The van der Waals surface area contributed by atoms with Gasteiger partial charge in [0, 0.05) is 11.5 Å². The van der Waals surface area contributed by atoms with Gasteiger partial charge in [0.15, 0.2) is 25.2 Å². The highest BCUT2D eigenvalue weighted by atomic mass is 16.8. The van der Waals surface area contributed by atoms with Crippen molar-refractivity contribution in [3.8, 4) is 0 Å². The first kappa shape index (κ1) is 28.4. The Hall–Kier alpha value is -3.17. The van der Waals surface area contributed by atoms with Crippen molar-refractivity contribution < 1.29 is 64.1 Å². The molecule has 8 atom stereocenters. The zero-order chi connectivity index (χ0) is 27.3. The molecule has 3 rings (SSSR count). The largest absolute Gasteiger partial charge is 0.478 e. The van der Waals surface area contributed by atoms with E-state index in [4.69, 9.17) is 14.2 Å². The summed E-state index contributed by atoms with van der Waals surface area (Å²) in [7, 11) is 0. The number of nitrogens with zero attached hydrogens (tertiary/aromatic N) is 1. The summed E-state index contributed by atoms with van der Waals surface area (Å²) in [6, 6.07) is 1.38. The number of carboxylic acids is 2. The number of ether oxygens (including phenoxy) is 3. The van der Waals surface area contributed by atoms with Crippen molar-refractivity contribution in [1.29, 1.82) is 0 Å². The SMILES string of the molecule is C=C[C@H]1[C@H](O[C@@H]2O[C@H](CO)[C@@H](O)[C@H](O)[C@H]2O)OC=C(C(=O)O)[C@H]1/C=C/c1cc(C(=O)O)c[n+](CCO)c1. The quantitative estimate of drug-likeness (QED) is 0.134. The average Bonchev–Trinajstić information content (AvgIpc) is 2.87. The molecule has 0 saturated carbocycles. The number of carbonyl (C=O) groups is 2. The summed E-state index contributed by atoms with van der Waals surface area (Å²) >= 11 is 0. The van der Waals surface area contributed by atoms with Crippen molar-refractivity contribution in [2.75, 3.05) is 13.2 Å². The van der Waals surface area contributed by atoms with E-state index in [9.17, 15) is 45.3 Å². The number of aliphatic hydroxyl groups excluding tert-OH is 5. The third kappa shape index (κ3) is 6.40. The van der Waals surface area contributed by atoms with Gasteiger partial charge < -0.3 is 50.0 Å². The van der Waals surface area contributed by atoms with Crippen molar-refractivity contribution in [3.05, 3.63) is 60.2 Å². The Balaban J connectivity index is 1.90. The van der Waals surface area contributed by atoms with Crippen LogP contribution in [0.5, 0.6) is 0 Å². The normalized spacial score (nSPS) is 32.0. The topological polar surface area (TPSA) is 207 Å². The molecular weight excluding hydrogens is 494 g/mol. The standard InChI is InChI=1S/C24H29NO12/c1-2-14-15(4-3-12-7-13(21(31)32)9-25(8-12)5-6-26)16(22(33)34)11-35-23(14)37-24-20(30)19(29)18(28)17(10-27)36-24/h2-4,7-9,11,14-15,17-20,23-24,26-30H,1,5-6,10H2,(H-,31,32,33,34)/p+1/b4-3+/t14-,15+,17-,18-,19+,20-,23+,24+/m1/s1. The van der Waals surface area contributed by atoms with Gasteiger partial charge in [0.1, 0.15) is 36.6 Å². The summed E-state index contributed by atoms with van der Waals surface area (Å²) in [5, 5.41) is 68.0. The molecule has 13 heteroatoms. The summed E-state index contributed by atoms with van der Waals surface area (Å²) in [6.45, 7) is 2.98. The molecule has 0 unspecified atom stereocenters. The van der Waals surface area contributed by atoms with Crippen LogP contribution in [0.25, 0.3) is 6.08 Å². The van der Waals surface area contributed by atoms with E-state index < -0.39 is 67.4 Å². The van der Waals surface area contributed by atoms with Gasteiger partial charge in [-0.05, 0) is 6.07 Å². The molecule has 37 heavy (non-hydrogen) atoms. The number of allylic oxidation sites excluding steroid dienone is 1. The molecular formula is C24H30NO12+. The van der Waals surface area contributed by atoms with Gasteiger partial charge in [0.2, 0.25) is 6.29 Å². The highest BCUT2D eigenvalue weighted by Gasteiger charge is 2.47. The molecule has 7 N–H and O–H groups in total. The fraction of sp³-hybridized carbons (Fsp3) is 0.458. The van der Waals surface area contributed by atoms with Gasteiger partial charge in [0.25, 0.3) is 0 Å². The average molecular weight is 524 g/mol. The Morgan fingerprint density at radius 2 is 1.78 bits per heavy atom. The summed E-state index contributed by atoms with van der Waals surface area (Å²) < 4.78 is 18.0. The number of aliphatic hydroxyl groups is 5. The highest BCUT2D eigenvalue weighted by Crippen LogP contribution is 2.36. The molecule has 0 aromatic carbocycles. The molecule has 2 aliphatic rings. The molecule has 0 amide bonds. The molecule has 3 heterocycles. The fourth-order valence-corrected chi connectivity index (χ4v) is 4.13. The maximum atomic E-state index is 11.9. The van der Waals surface area contributed by atoms with Crippen LogP contribution in [0.1, 0.15) is 15.9 Å². The minimum Gasteiger partial charge on any atom is -0.478 e. The minimum absolute atomic E-state index is 0.0410. The van der Waals surface area contributed by atoms with E-state index in [-0.39, 0.29) is 24.3 Å². The van der Waals surface area contributed by atoms with Crippen LogP contribution >= 0.6 is 0 Å². The molecule has 2 aliphatic heterocycles. The van der Waals surface area contributed by atoms with Crippen LogP contribution in [0.4, 0.5) is 0 Å². The lowest BCUT2D eigenvalue weighted by Crippen LogP contribution is -2.60. The molecule has 1 aromatic rings. The molecule has 0 spiro atoms. The third-order valence-corrected chi connectivity index (χ3v) is 6.10. The van der Waals surface area contributed by atoms with Gasteiger partial charge >= 0.3 is 11.9 Å². The Kier molecular flexibility index (Phi) is 9.50. The second-order valence-electron chi connectivity index (χ2n) is 8.54. The minimum atomic E-state index is -1.70. The molecule has 202 valence electrons. The van der Waals surface area contributed by atoms with Gasteiger partial charge in [-0.1, -0.05) is 18.2 Å². The summed E-state index contributed by atoms with van der Waals surface area (Å²) in [5.41, 5.74) is 0.215. The van der Waals surface area contributed by atoms with E-state index in [1.807, 2.05) is 0 Å². The second-order valence-corrected chi connectivity index (χ2v) is 8.54. The maximum absolute atomic E-state index is 11.9. The van der Waals surface area contributed by atoms with E-state index in [1.165, 1.54) is 35.1 Å². The fourth-order valence-electron chi connectivity index (χ4n) is 4.13. The Bertz CT molecular complexity index is 1050.